The maximum atomic E-state index is 11.9. The Labute approximate surface area is 258 Å². The van der Waals surface area contributed by atoms with Gasteiger partial charge in [-0.3, -0.25) is 9.59 Å². The molecule has 0 amide bonds. The lowest BCUT2D eigenvalue weighted by Gasteiger charge is -2.11. The van der Waals surface area contributed by atoms with Crippen molar-refractivity contribution in [3.8, 4) is 0 Å². The van der Waals surface area contributed by atoms with Crippen LogP contribution in [0.4, 0.5) is 0 Å². The van der Waals surface area contributed by atoms with Crippen LogP contribution in [0.3, 0.4) is 0 Å². The molecule has 0 aliphatic heterocycles. The average molecular weight is 632 g/mol. The molecule has 0 saturated heterocycles. The van der Waals surface area contributed by atoms with Gasteiger partial charge in [0.2, 0.25) is 0 Å². The Bertz CT molecular complexity index is 539. The van der Waals surface area contributed by atoms with Gasteiger partial charge in [-0.25, -0.2) is 0 Å². The second-order valence-electron chi connectivity index (χ2n) is 12.0. The number of halogens is 1. The molecule has 0 fully saturated rings. The van der Waals surface area contributed by atoms with Gasteiger partial charge in [-0.1, -0.05) is 190 Å². The van der Waals surface area contributed by atoms with Crippen LogP contribution < -0.4 is 0 Å². The first-order valence-corrected chi connectivity index (χ1v) is 18.5. The Hall–Kier alpha value is -0.580. The average Bonchev–Trinajstić information content (AvgIpc) is 2.94. The fourth-order valence-corrected chi connectivity index (χ4v) is 5.63. The highest BCUT2D eigenvalue weighted by atomic mass is 79.9. The minimum Gasteiger partial charge on any atom is -0.465 e. The highest BCUT2D eigenvalue weighted by Gasteiger charge is 2.14. The van der Waals surface area contributed by atoms with Crippen molar-refractivity contribution in [1.29, 1.82) is 0 Å². The van der Waals surface area contributed by atoms with Gasteiger partial charge in [0.25, 0.3) is 0 Å². The molecule has 0 spiro atoms. The van der Waals surface area contributed by atoms with E-state index in [0.717, 1.165) is 25.7 Å². The molecule has 0 aromatic carbocycles. The van der Waals surface area contributed by atoms with Crippen LogP contribution in [0.15, 0.2) is 0 Å². The number of hydrogen-bond donors (Lipinski definition) is 0. The summed E-state index contributed by atoms with van der Waals surface area (Å²) >= 11 is 3.61. The highest BCUT2D eigenvalue weighted by Crippen LogP contribution is 2.16. The number of carbonyl (C=O) groups excluding carboxylic acids is 2. The lowest BCUT2D eigenvalue weighted by Crippen LogP contribution is -2.18. The highest BCUT2D eigenvalue weighted by molar-refractivity contribution is 9.09. The summed E-state index contributed by atoms with van der Waals surface area (Å²) in [5.74, 6) is -0.947. The van der Waals surface area contributed by atoms with Crippen molar-refractivity contribution < 1.29 is 19.1 Å². The molecule has 0 aliphatic carbocycles. The van der Waals surface area contributed by atoms with Crippen molar-refractivity contribution in [2.45, 2.75) is 198 Å². The van der Waals surface area contributed by atoms with Crippen LogP contribution in [-0.2, 0) is 19.1 Å². The summed E-state index contributed by atoms with van der Waals surface area (Å²) in [6.45, 7) is 5.27. The van der Waals surface area contributed by atoms with Crippen LogP contribution in [0.2, 0.25) is 0 Å². The number of carbonyl (C=O) groups is 2. The van der Waals surface area contributed by atoms with E-state index in [0.29, 0.717) is 13.2 Å². The zero-order chi connectivity index (χ0) is 29.4. The molecule has 0 aliphatic rings. The van der Waals surface area contributed by atoms with Crippen LogP contribution in [0.1, 0.15) is 194 Å². The molecule has 0 rings (SSSR count). The van der Waals surface area contributed by atoms with Gasteiger partial charge in [0, 0.05) is 4.83 Å². The number of hydrogen-bond acceptors (Lipinski definition) is 4. The van der Waals surface area contributed by atoms with Crippen LogP contribution in [0.25, 0.3) is 0 Å². The van der Waals surface area contributed by atoms with Crippen molar-refractivity contribution in [2.24, 2.45) is 0 Å². The summed E-state index contributed by atoms with van der Waals surface area (Å²) in [6, 6.07) is 0. The third-order valence-electron chi connectivity index (χ3n) is 7.85. The maximum absolute atomic E-state index is 11.9. The lowest BCUT2D eigenvalue weighted by atomic mass is 10.0. The molecule has 238 valence electrons. The number of esters is 2. The van der Waals surface area contributed by atoms with Crippen molar-refractivity contribution in [2.75, 3.05) is 13.2 Å². The monoisotopic (exact) mass is 630 g/mol. The van der Waals surface area contributed by atoms with Crippen molar-refractivity contribution in [3.63, 3.8) is 0 Å². The molecule has 4 nitrogen and oxygen atoms in total. The molecule has 1 atom stereocenters. The molecule has 0 heterocycles. The molecule has 0 bridgehead atoms. The molecule has 0 aromatic heterocycles. The first-order chi connectivity index (χ1) is 19.6. The minimum absolute atomic E-state index is 0.158. The van der Waals surface area contributed by atoms with Gasteiger partial charge in [0.1, 0.15) is 13.0 Å². The zero-order valence-corrected chi connectivity index (χ0v) is 28.4. The Morgan fingerprint density at radius 3 is 1.20 bits per heavy atom. The third-order valence-corrected chi connectivity index (χ3v) is 8.57. The Balaban J connectivity index is 3.40. The second-order valence-corrected chi connectivity index (χ2v) is 13.2. The SMILES string of the molecule is CCCCCCCCCCCCCCCCOC(=O)CC(=O)OCC(Br)CCCCCCCCCCCCCC. The summed E-state index contributed by atoms with van der Waals surface area (Å²) in [6.07, 6.45) is 35.0. The van der Waals surface area contributed by atoms with Gasteiger partial charge in [0.15, 0.2) is 0 Å². The zero-order valence-electron chi connectivity index (χ0n) is 26.8. The minimum atomic E-state index is -0.481. The van der Waals surface area contributed by atoms with Crippen LogP contribution in [0.5, 0.6) is 0 Å². The van der Waals surface area contributed by atoms with Gasteiger partial charge in [0.05, 0.1) is 6.61 Å². The Morgan fingerprint density at radius 2 is 0.800 bits per heavy atom. The van der Waals surface area contributed by atoms with Crippen LogP contribution in [-0.4, -0.2) is 30.0 Å². The van der Waals surface area contributed by atoms with Gasteiger partial charge < -0.3 is 9.47 Å². The predicted molar refractivity (Wildman–Crippen MR) is 175 cm³/mol. The van der Waals surface area contributed by atoms with Crippen LogP contribution in [0, 0.1) is 0 Å². The fraction of sp³-hybridized carbons (Fsp3) is 0.943. The van der Waals surface area contributed by atoms with Gasteiger partial charge in [-0.2, -0.15) is 0 Å². The molecular weight excluding hydrogens is 564 g/mol. The van der Waals surface area contributed by atoms with E-state index in [9.17, 15) is 9.59 Å². The van der Waals surface area contributed by atoms with E-state index >= 15 is 0 Å². The second kappa shape index (κ2) is 32.9. The molecule has 0 radical (unpaired) electrons. The van der Waals surface area contributed by atoms with E-state index in [4.69, 9.17) is 9.47 Å². The smallest absolute Gasteiger partial charge is 0.317 e. The Kier molecular flexibility index (Phi) is 32.5. The van der Waals surface area contributed by atoms with E-state index in [1.807, 2.05) is 0 Å². The topological polar surface area (TPSA) is 52.6 Å². The third kappa shape index (κ3) is 31.9. The van der Waals surface area contributed by atoms with Gasteiger partial charge in [-0.05, 0) is 12.8 Å². The summed E-state index contributed by atoms with van der Waals surface area (Å²) in [5, 5.41) is 0. The maximum Gasteiger partial charge on any atom is 0.317 e. The van der Waals surface area contributed by atoms with Crippen molar-refractivity contribution >= 4 is 27.9 Å². The molecule has 5 heteroatoms. The summed E-state index contributed by atoms with van der Waals surface area (Å²) in [4.78, 5) is 24.0. The number of alkyl halides is 1. The number of unbranched alkanes of at least 4 members (excludes halogenated alkanes) is 24. The molecule has 40 heavy (non-hydrogen) atoms. The summed E-state index contributed by atoms with van der Waals surface area (Å²) in [7, 11) is 0. The summed E-state index contributed by atoms with van der Waals surface area (Å²) < 4.78 is 10.5. The van der Waals surface area contributed by atoms with Crippen molar-refractivity contribution in [3.05, 3.63) is 0 Å². The first-order valence-electron chi connectivity index (χ1n) is 17.5. The first kappa shape index (κ1) is 39.4. The van der Waals surface area contributed by atoms with Gasteiger partial charge in [-0.15, -0.1) is 0 Å². The fourth-order valence-electron chi connectivity index (χ4n) is 5.18. The number of rotatable bonds is 32. The van der Waals surface area contributed by atoms with E-state index in [1.54, 1.807) is 0 Å². The number of ether oxygens (including phenoxy) is 2. The molecular formula is C35H67BrO4. The predicted octanol–water partition coefficient (Wildman–Crippen LogP) is 11.8. The van der Waals surface area contributed by atoms with E-state index in [1.165, 1.54) is 148 Å². The lowest BCUT2D eigenvalue weighted by molar-refractivity contribution is -0.154. The standard InChI is InChI=1S/C35H67BrO4/c1-3-5-7-9-11-13-15-17-18-20-22-24-26-28-30-39-34(37)31-35(38)40-32-33(36)29-27-25-23-21-19-16-14-12-10-8-6-4-2/h33H,3-32H2,1-2H3. The van der Waals surface area contributed by atoms with Crippen molar-refractivity contribution in [1.82, 2.24) is 0 Å². The summed E-state index contributed by atoms with van der Waals surface area (Å²) in [5.41, 5.74) is 0. The molecule has 0 saturated carbocycles. The quantitative estimate of drug-likeness (QED) is 0.0321. The van der Waals surface area contributed by atoms with Gasteiger partial charge >= 0.3 is 11.9 Å². The Morgan fingerprint density at radius 1 is 0.475 bits per heavy atom. The van der Waals surface area contributed by atoms with E-state index < -0.39 is 11.9 Å². The van der Waals surface area contributed by atoms with E-state index in [2.05, 4.69) is 29.8 Å². The molecule has 0 N–H and O–H groups in total. The van der Waals surface area contributed by atoms with Crippen LogP contribution >= 0.6 is 15.9 Å². The normalized spacial score (nSPS) is 12.0. The molecule has 1 unspecified atom stereocenters. The van der Waals surface area contributed by atoms with E-state index in [-0.39, 0.29) is 11.2 Å². The molecule has 0 aromatic rings. The largest absolute Gasteiger partial charge is 0.465 e.